The fourth-order valence-electron chi connectivity index (χ4n) is 3.09. The molecular formula is C22H16F3N5O4. The van der Waals surface area contributed by atoms with Crippen molar-refractivity contribution in [1.29, 1.82) is 0 Å². The normalized spacial score (nSPS) is 11.3. The van der Waals surface area contributed by atoms with Crippen molar-refractivity contribution in [3.63, 3.8) is 0 Å². The molecule has 0 amide bonds. The van der Waals surface area contributed by atoms with Gasteiger partial charge in [0.25, 0.3) is 0 Å². The number of aromatic nitrogens is 5. The molecule has 1 aromatic carbocycles. The van der Waals surface area contributed by atoms with E-state index in [1.807, 2.05) is 0 Å². The van der Waals surface area contributed by atoms with Crippen molar-refractivity contribution in [2.45, 2.75) is 13.3 Å². The summed E-state index contributed by atoms with van der Waals surface area (Å²) in [6, 6.07) is 10.8. The van der Waals surface area contributed by atoms with Crippen LogP contribution < -0.4 is 10.2 Å². The van der Waals surface area contributed by atoms with Gasteiger partial charge in [0.2, 0.25) is 5.43 Å². The maximum Gasteiger partial charge on any atom is 0.573 e. The zero-order chi connectivity index (χ0) is 24.3. The minimum absolute atomic E-state index is 0.0366. The summed E-state index contributed by atoms with van der Waals surface area (Å²) < 4.78 is 49.2. The first-order chi connectivity index (χ1) is 16.2. The van der Waals surface area contributed by atoms with Crippen LogP contribution in [0.15, 0.2) is 71.9 Å². The van der Waals surface area contributed by atoms with Crippen LogP contribution in [0.5, 0.6) is 5.75 Å². The van der Waals surface area contributed by atoms with Gasteiger partial charge in [0.15, 0.2) is 11.5 Å². The molecule has 0 saturated heterocycles. The molecule has 0 aliphatic carbocycles. The first-order valence-electron chi connectivity index (χ1n) is 9.89. The molecule has 0 radical (unpaired) electrons. The summed E-state index contributed by atoms with van der Waals surface area (Å²) in [5.41, 5.74) is 0.244. The molecule has 12 heteroatoms. The number of nitrogens with zero attached hydrogens (tertiary/aromatic N) is 5. The fourth-order valence-corrected chi connectivity index (χ4v) is 3.09. The van der Waals surface area contributed by atoms with E-state index in [4.69, 9.17) is 4.74 Å². The van der Waals surface area contributed by atoms with Gasteiger partial charge in [-0.25, -0.2) is 19.1 Å². The van der Waals surface area contributed by atoms with E-state index in [2.05, 4.69) is 19.9 Å². The van der Waals surface area contributed by atoms with Crippen LogP contribution in [0.1, 0.15) is 17.3 Å². The Bertz CT molecular complexity index is 1400. The number of hydrogen-bond acceptors (Lipinski definition) is 7. The second-order valence-electron chi connectivity index (χ2n) is 6.77. The number of pyridine rings is 1. The Labute approximate surface area is 190 Å². The lowest BCUT2D eigenvalue weighted by molar-refractivity contribution is -0.274. The molecule has 0 unspecified atom stereocenters. The second-order valence-corrected chi connectivity index (χ2v) is 6.77. The lowest BCUT2D eigenvalue weighted by Crippen LogP contribution is -2.18. The molecule has 3 heterocycles. The molecule has 9 nitrogen and oxygen atoms in total. The Morgan fingerprint density at radius 1 is 1.09 bits per heavy atom. The van der Waals surface area contributed by atoms with Crippen molar-refractivity contribution in [1.82, 2.24) is 24.5 Å². The van der Waals surface area contributed by atoms with Gasteiger partial charge in [0, 0.05) is 24.5 Å². The standard InChI is InChI=1S/C22H16F3N5O4/c1-2-33-21(32)14-6-9-26-19(12-14)30-17(7-10-27-30)20-18(31)8-11-29(28-20)15-4-3-5-16(13-15)34-22(23,24)25/h3-13H,2H2,1H3. The molecule has 0 N–H and O–H groups in total. The van der Waals surface area contributed by atoms with Gasteiger partial charge in [0.05, 0.1) is 24.1 Å². The molecule has 3 aromatic heterocycles. The molecule has 0 atom stereocenters. The van der Waals surface area contributed by atoms with Gasteiger partial charge in [-0.15, -0.1) is 13.2 Å². The summed E-state index contributed by atoms with van der Waals surface area (Å²) in [5.74, 6) is -0.735. The first kappa shape index (κ1) is 22.7. The van der Waals surface area contributed by atoms with Gasteiger partial charge in [-0.2, -0.15) is 10.2 Å². The summed E-state index contributed by atoms with van der Waals surface area (Å²) in [6.45, 7) is 1.88. The minimum atomic E-state index is -4.85. The van der Waals surface area contributed by atoms with Crippen LogP contribution in [0, 0.1) is 0 Å². The summed E-state index contributed by atoms with van der Waals surface area (Å²) in [4.78, 5) is 28.9. The van der Waals surface area contributed by atoms with Gasteiger partial charge in [-0.3, -0.25) is 4.79 Å². The molecule has 0 spiro atoms. The summed E-state index contributed by atoms with van der Waals surface area (Å²) >= 11 is 0. The van der Waals surface area contributed by atoms with E-state index in [-0.39, 0.29) is 35.1 Å². The number of alkyl halides is 3. The highest BCUT2D eigenvalue weighted by Gasteiger charge is 2.31. The third-order valence-electron chi connectivity index (χ3n) is 4.48. The lowest BCUT2D eigenvalue weighted by Gasteiger charge is -2.12. The molecule has 4 aromatic rings. The first-order valence-corrected chi connectivity index (χ1v) is 9.89. The highest BCUT2D eigenvalue weighted by molar-refractivity contribution is 5.89. The monoisotopic (exact) mass is 471 g/mol. The third kappa shape index (κ3) is 4.95. The Morgan fingerprint density at radius 2 is 1.91 bits per heavy atom. The van der Waals surface area contributed by atoms with E-state index in [0.29, 0.717) is 0 Å². The van der Waals surface area contributed by atoms with E-state index in [1.54, 1.807) is 6.92 Å². The number of benzene rings is 1. The predicted molar refractivity (Wildman–Crippen MR) is 113 cm³/mol. The molecule has 0 aliphatic rings. The predicted octanol–water partition coefficient (Wildman–Crippen LogP) is 3.56. The Morgan fingerprint density at radius 3 is 2.68 bits per heavy atom. The largest absolute Gasteiger partial charge is 0.573 e. The Balaban J connectivity index is 1.74. The summed E-state index contributed by atoms with van der Waals surface area (Å²) in [7, 11) is 0. The van der Waals surface area contributed by atoms with Crippen LogP contribution in [-0.2, 0) is 4.74 Å². The van der Waals surface area contributed by atoms with Crippen LogP contribution in [-0.4, -0.2) is 43.5 Å². The van der Waals surface area contributed by atoms with Crippen LogP contribution in [0.25, 0.3) is 22.9 Å². The molecule has 4 rings (SSSR count). The van der Waals surface area contributed by atoms with Gasteiger partial charge >= 0.3 is 12.3 Å². The van der Waals surface area contributed by atoms with E-state index in [1.165, 1.54) is 64.4 Å². The lowest BCUT2D eigenvalue weighted by atomic mass is 10.2. The van der Waals surface area contributed by atoms with E-state index in [9.17, 15) is 22.8 Å². The topological polar surface area (TPSA) is 101 Å². The van der Waals surface area contributed by atoms with Gasteiger partial charge in [0.1, 0.15) is 11.4 Å². The highest BCUT2D eigenvalue weighted by Crippen LogP contribution is 2.25. The van der Waals surface area contributed by atoms with Crippen LogP contribution in [0.2, 0.25) is 0 Å². The summed E-state index contributed by atoms with van der Waals surface area (Å²) in [5, 5.41) is 8.46. The molecule has 0 bridgehead atoms. The molecule has 34 heavy (non-hydrogen) atoms. The number of ether oxygens (including phenoxy) is 2. The number of hydrogen-bond donors (Lipinski definition) is 0. The minimum Gasteiger partial charge on any atom is -0.462 e. The zero-order valence-corrected chi connectivity index (χ0v) is 17.6. The summed E-state index contributed by atoms with van der Waals surface area (Å²) in [6.07, 6.45) is -0.711. The third-order valence-corrected chi connectivity index (χ3v) is 4.48. The Hall–Kier alpha value is -4.48. The van der Waals surface area contributed by atoms with Crippen LogP contribution in [0.4, 0.5) is 13.2 Å². The number of carbonyl (C=O) groups is 1. The smallest absolute Gasteiger partial charge is 0.462 e. The van der Waals surface area contributed by atoms with Crippen molar-refractivity contribution in [2.75, 3.05) is 6.61 Å². The number of esters is 1. The van der Waals surface area contributed by atoms with Crippen molar-refractivity contribution < 1.29 is 27.4 Å². The average Bonchev–Trinajstić information content (AvgIpc) is 3.28. The molecule has 0 saturated carbocycles. The SMILES string of the molecule is CCOC(=O)c1ccnc(-n2nccc2-c2nn(-c3cccc(OC(F)(F)F)c3)ccc2=O)c1. The highest BCUT2D eigenvalue weighted by atomic mass is 19.4. The molecule has 0 fully saturated rings. The van der Waals surface area contributed by atoms with E-state index >= 15 is 0 Å². The Kier molecular flexibility index (Phi) is 6.13. The molecule has 174 valence electrons. The average molecular weight is 471 g/mol. The van der Waals surface area contributed by atoms with Gasteiger partial charge in [-0.05, 0) is 37.3 Å². The number of carbonyl (C=O) groups excluding carboxylic acids is 1. The van der Waals surface area contributed by atoms with Crippen molar-refractivity contribution in [3.8, 4) is 28.6 Å². The van der Waals surface area contributed by atoms with Crippen molar-refractivity contribution in [2.24, 2.45) is 0 Å². The molecule has 0 aliphatic heterocycles. The number of halogens is 3. The van der Waals surface area contributed by atoms with Gasteiger partial charge in [-0.1, -0.05) is 6.07 Å². The molecular weight excluding hydrogens is 455 g/mol. The number of rotatable bonds is 6. The van der Waals surface area contributed by atoms with Crippen LogP contribution >= 0.6 is 0 Å². The second kappa shape index (κ2) is 9.17. The van der Waals surface area contributed by atoms with Crippen molar-refractivity contribution >= 4 is 5.97 Å². The fraction of sp³-hybridized carbons (Fsp3) is 0.136. The van der Waals surface area contributed by atoms with E-state index < -0.39 is 23.5 Å². The zero-order valence-electron chi connectivity index (χ0n) is 17.6. The van der Waals surface area contributed by atoms with E-state index in [0.717, 1.165) is 12.1 Å². The van der Waals surface area contributed by atoms with Crippen molar-refractivity contribution in [3.05, 3.63) is 82.9 Å². The van der Waals surface area contributed by atoms with Crippen LogP contribution in [0.3, 0.4) is 0 Å². The maximum absolute atomic E-state index is 12.6. The maximum atomic E-state index is 12.6. The van der Waals surface area contributed by atoms with Gasteiger partial charge < -0.3 is 9.47 Å². The quantitative estimate of drug-likeness (QED) is 0.397.